The number of anilines is 1. The van der Waals surface area contributed by atoms with E-state index in [-0.39, 0.29) is 11.8 Å². The molecule has 3 aromatic rings. The molecule has 4 nitrogen and oxygen atoms in total. The lowest BCUT2D eigenvalue weighted by molar-refractivity contribution is 0.0949. The summed E-state index contributed by atoms with van der Waals surface area (Å²) < 4.78 is 0. The first-order valence-corrected chi connectivity index (χ1v) is 8.42. The number of rotatable bonds is 5. The minimum Gasteiger partial charge on any atom is -0.348 e. The summed E-state index contributed by atoms with van der Waals surface area (Å²) in [5.74, 6) is -0.375. The molecule has 0 saturated heterocycles. The molecule has 3 aromatic carbocycles. The Morgan fingerprint density at radius 3 is 2.12 bits per heavy atom. The van der Waals surface area contributed by atoms with E-state index in [1.165, 1.54) is 0 Å². The van der Waals surface area contributed by atoms with E-state index >= 15 is 0 Å². The zero-order valence-corrected chi connectivity index (χ0v) is 14.5. The lowest BCUT2D eigenvalue weighted by Crippen LogP contribution is -2.23. The molecule has 2 amide bonds. The van der Waals surface area contributed by atoms with Crippen molar-refractivity contribution in [2.75, 3.05) is 5.32 Å². The summed E-state index contributed by atoms with van der Waals surface area (Å²) in [6.45, 7) is 2.35. The van der Waals surface area contributed by atoms with E-state index in [1.807, 2.05) is 61.5 Å². The molecule has 0 aliphatic rings. The highest BCUT2D eigenvalue weighted by Gasteiger charge is 2.11. The molecule has 0 aliphatic carbocycles. The highest BCUT2D eigenvalue weighted by molar-refractivity contribution is 6.05. The summed E-state index contributed by atoms with van der Waals surface area (Å²) in [6, 6.07) is 24.0. The van der Waals surface area contributed by atoms with E-state index in [2.05, 4.69) is 10.6 Å². The van der Waals surface area contributed by atoms with Gasteiger partial charge in [0, 0.05) is 23.4 Å². The third kappa shape index (κ3) is 4.36. The molecule has 0 aromatic heterocycles. The van der Waals surface area contributed by atoms with Gasteiger partial charge >= 0.3 is 0 Å². The Labute approximate surface area is 152 Å². The van der Waals surface area contributed by atoms with Crippen LogP contribution in [0.25, 0.3) is 0 Å². The van der Waals surface area contributed by atoms with Gasteiger partial charge in [0.1, 0.15) is 0 Å². The molecule has 0 unspecified atom stereocenters. The minimum atomic E-state index is -0.199. The fourth-order valence-electron chi connectivity index (χ4n) is 2.56. The molecule has 4 heteroatoms. The maximum Gasteiger partial charge on any atom is 0.255 e. The standard InChI is InChI=1S/C22H20N2O2/c1-16-12-13-19(21(25)23-15-17-8-4-2-5-9-17)14-20(16)24-22(26)18-10-6-3-7-11-18/h2-14H,15H2,1H3,(H,23,25)(H,24,26). The van der Waals surface area contributed by atoms with Crippen molar-refractivity contribution in [3.8, 4) is 0 Å². The van der Waals surface area contributed by atoms with Crippen LogP contribution in [-0.2, 0) is 6.54 Å². The maximum atomic E-state index is 12.4. The van der Waals surface area contributed by atoms with Gasteiger partial charge in [-0.2, -0.15) is 0 Å². The van der Waals surface area contributed by atoms with E-state index in [0.717, 1.165) is 11.1 Å². The molecule has 0 fully saturated rings. The van der Waals surface area contributed by atoms with Crippen LogP contribution in [0.5, 0.6) is 0 Å². The average Bonchev–Trinajstić information content (AvgIpc) is 2.69. The van der Waals surface area contributed by atoms with Crippen molar-refractivity contribution in [3.63, 3.8) is 0 Å². The quantitative estimate of drug-likeness (QED) is 0.729. The number of aryl methyl sites for hydroxylation is 1. The van der Waals surface area contributed by atoms with Gasteiger partial charge in [0.15, 0.2) is 0 Å². The van der Waals surface area contributed by atoms with Gasteiger partial charge in [-0.1, -0.05) is 54.6 Å². The van der Waals surface area contributed by atoms with Crippen molar-refractivity contribution in [1.82, 2.24) is 5.32 Å². The van der Waals surface area contributed by atoms with Gasteiger partial charge < -0.3 is 10.6 Å². The number of amides is 2. The topological polar surface area (TPSA) is 58.2 Å². The summed E-state index contributed by atoms with van der Waals surface area (Å²) in [5.41, 5.74) is 3.64. The second kappa shape index (κ2) is 8.12. The van der Waals surface area contributed by atoms with E-state index < -0.39 is 0 Å². The maximum absolute atomic E-state index is 12.4. The van der Waals surface area contributed by atoms with Gasteiger partial charge in [-0.25, -0.2) is 0 Å². The molecule has 0 saturated carbocycles. The molecular formula is C22H20N2O2. The predicted octanol–water partition coefficient (Wildman–Crippen LogP) is 4.18. The van der Waals surface area contributed by atoms with Crippen molar-refractivity contribution in [3.05, 3.63) is 101 Å². The summed E-state index contributed by atoms with van der Waals surface area (Å²) >= 11 is 0. The first-order chi connectivity index (χ1) is 12.6. The first-order valence-electron chi connectivity index (χ1n) is 8.42. The zero-order valence-electron chi connectivity index (χ0n) is 14.5. The number of nitrogens with one attached hydrogen (secondary N) is 2. The van der Waals surface area contributed by atoms with Crippen LogP contribution in [0.15, 0.2) is 78.9 Å². The fourth-order valence-corrected chi connectivity index (χ4v) is 2.56. The monoisotopic (exact) mass is 344 g/mol. The van der Waals surface area contributed by atoms with Crippen molar-refractivity contribution in [2.24, 2.45) is 0 Å². The van der Waals surface area contributed by atoms with E-state index in [9.17, 15) is 9.59 Å². The highest BCUT2D eigenvalue weighted by atomic mass is 16.2. The lowest BCUT2D eigenvalue weighted by Gasteiger charge is -2.11. The van der Waals surface area contributed by atoms with Crippen LogP contribution in [0.4, 0.5) is 5.69 Å². The molecule has 0 atom stereocenters. The van der Waals surface area contributed by atoms with Crippen LogP contribution in [0, 0.1) is 6.92 Å². The number of benzene rings is 3. The third-order valence-corrected chi connectivity index (χ3v) is 4.08. The molecule has 0 heterocycles. The van der Waals surface area contributed by atoms with Crippen molar-refractivity contribution in [1.29, 1.82) is 0 Å². The van der Waals surface area contributed by atoms with E-state index in [0.29, 0.717) is 23.4 Å². The zero-order chi connectivity index (χ0) is 18.4. The predicted molar refractivity (Wildman–Crippen MR) is 103 cm³/mol. The molecule has 130 valence electrons. The van der Waals surface area contributed by atoms with Crippen LogP contribution >= 0.6 is 0 Å². The van der Waals surface area contributed by atoms with Gasteiger partial charge in [0.25, 0.3) is 11.8 Å². The van der Waals surface area contributed by atoms with Gasteiger partial charge in [-0.15, -0.1) is 0 Å². The molecule has 0 spiro atoms. The Bertz CT molecular complexity index is 906. The van der Waals surface area contributed by atoms with Gasteiger partial charge in [-0.3, -0.25) is 9.59 Å². The van der Waals surface area contributed by atoms with E-state index in [1.54, 1.807) is 24.3 Å². The second-order valence-corrected chi connectivity index (χ2v) is 6.02. The Hall–Kier alpha value is -3.40. The summed E-state index contributed by atoms with van der Waals surface area (Å²) in [6.07, 6.45) is 0. The van der Waals surface area contributed by atoms with Crippen LogP contribution in [0.3, 0.4) is 0 Å². The molecule has 0 bridgehead atoms. The Balaban J connectivity index is 1.70. The van der Waals surface area contributed by atoms with E-state index in [4.69, 9.17) is 0 Å². The lowest BCUT2D eigenvalue weighted by atomic mass is 10.1. The summed E-state index contributed by atoms with van der Waals surface area (Å²) in [7, 11) is 0. The number of carbonyl (C=O) groups is 2. The first kappa shape index (κ1) is 17.4. The Morgan fingerprint density at radius 2 is 1.42 bits per heavy atom. The van der Waals surface area contributed by atoms with Crippen molar-refractivity contribution in [2.45, 2.75) is 13.5 Å². The average molecular weight is 344 g/mol. The molecule has 2 N–H and O–H groups in total. The summed E-state index contributed by atoms with van der Waals surface area (Å²) in [5, 5.41) is 5.77. The minimum absolute atomic E-state index is 0.177. The number of carbonyl (C=O) groups excluding carboxylic acids is 2. The third-order valence-electron chi connectivity index (χ3n) is 4.08. The summed E-state index contributed by atoms with van der Waals surface area (Å²) in [4.78, 5) is 24.8. The number of hydrogen-bond acceptors (Lipinski definition) is 2. The normalized spacial score (nSPS) is 10.2. The molecule has 0 radical (unpaired) electrons. The van der Waals surface area contributed by atoms with Gasteiger partial charge in [0.2, 0.25) is 0 Å². The largest absolute Gasteiger partial charge is 0.348 e. The molecular weight excluding hydrogens is 324 g/mol. The van der Waals surface area contributed by atoms with Gasteiger partial charge in [0.05, 0.1) is 0 Å². The molecule has 26 heavy (non-hydrogen) atoms. The molecule has 0 aliphatic heterocycles. The highest BCUT2D eigenvalue weighted by Crippen LogP contribution is 2.18. The van der Waals surface area contributed by atoms with Crippen LogP contribution in [0.2, 0.25) is 0 Å². The fraction of sp³-hybridized carbons (Fsp3) is 0.0909. The van der Waals surface area contributed by atoms with Crippen LogP contribution in [-0.4, -0.2) is 11.8 Å². The van der Waals surface area contributed by atoms with Crippen molar-refractivity contribution < 1.29 is 9.59 Å². The smallest absolute Gasteiger partial charge is 0.255 e. The SMILES string of the molecule is Cc1ccc(C(=O)NCc2ccccc2)cc1NC(=O)c1ccccc1. The molecule has 3 rings (SSSR count). The Morgan fingerprint density at radius 1 is 0.769 bits per heavy atom. The van der Waals surface area contributed by atoms with Gasteiger partial charge in [-0.05, 0) is 42.3 Å². The van der Waals surface area contributed by atoms with Crippen molar-refractivity contribution >= 4 is 17.5 Å². The van der Waals surface area contributed by atoms with Crippen LogP contribution < -0.4 is 10.6 Å². The second-order valence-electron chi connectivity index (χ2n) is 6.02. The van der Waals surface area contributed by atoms with Crippen LogP contribution in [0.1, 0.15) is 31.8 Å². The Kier molecular flexibility index (Phi) is 5.44. The number of hydrogen-bond donors (Lipinski definition) is 2.